The van der Waals surface area contributed by atoms with Crippen molar-refractivity contribution in [3.8, 4) is 0 Å². The Morgan fingerprint density at radius 1 is 1.35 bits per heavy atom. The maximum atomic E-state index is 5.96. The Bertz CT molecular complexity index is 478. The molecule has 3 nitrogen and oxygen atoms in total. The average Bonchev–Trinajstić information content (AvgIpc) is 2.94. The van der Waals surface area contributed by atoms with E-state index >= 15 is 0 Å². The first kappa shape index (κ1) is 10.9. The molecule has 1 aromatic carbocycles. The minimum absolute atomic E-state index is 0.403. The number of rotatable bonds is 3. The number of nitrogens with zero attached hydrogens (tertiary/aromatic N) is 1. The van der Waals surface area contributed by atoms with Crippen LogP contribution in [-0.4, -0.2) is 16.9 Å². The number of hydrogen-bond donors (Lipinski definition) is 1. The van der Waals surface area contributed by atoms with Crippen LogP contribution in [0.15, 0.2) is 28.7 Å². The fourth-order valence-electron chi connectivity index (χ4n) is 2.50. The first-order valence-electron chi connectivity index (χ1n) is 6.05. The van der Waals surface area contributed by atoms with Crippen molar-refractivity contribution in [2.75, 3.05) is 11.2 Å². The summed E-state index contributed by atoms with van der Waals surface area (Å²) in [6, 6.07) is 8.83. The van der Waals surface area contributed by atoms with Gasteiger partial charge in [-0.3, -0.25) is 0 Å². The van der Waals surface area contributed by atoms with E-state index in [0.29, 0.717) is 23.9 Å². The number of fused-ring (bicyclic) bond motifs is 1. The van der Waals surface area contributed by atoms with Crippen molar-refractivity contribution >= 4 is 28.7 Å². The molecule has 2 unspecified atom stereocenters. The fourth-order valence-corrected chi connectivity index (χ4v) is 2.87. The zero-order chi connectivity index (χ0) is 11.7. The van der Waals surface area contributed by atoms with Crippen LogP contribution in [0.2, 0.25) is 0 Å². The summed E-state index contributed by atoms with van der Waals surface area (Å²) >= 11 is 5.96. The van der Waals surface area contributed by atoms with Gasteiger partial charge in [-0.15, -0.1) is 11.6 Å². The molecule has 0 aliphatic heterocycles. The second-order valence-electron chi connectivity index (χ2n) is 4.58. The molecule has 90 valence electrons. The number of nitrogens with one attached hydrogen (secondary N) is 1. The van der Waals surface area contributed by atoms with Gasteiger partial charge >= 0.3 is 0 Å². The predicted molar refractivity (Wildman–Crippen MR) is 69.5 cm³/mol. The molecule has 17 heavy (non-hydrogen) atoms. The third-order valence-corrected chi connectivity index (χ3v) is 3.86. The number of halogens is 1. The van der Waals surface area contributed by atoms with E-state index in [1.807, 2.05) is 24.3 Å². The van der Waals surface area contributed by atoms with Gasteiger partial charge in [-0.1, -0.05) is 18.6 Å². The summed E-state index contributed by atoms with van der Waals surface area (Å²) in [7, 11) is 0. The van der Waals surface area contributed by atoms with Crippen molar-refractivity contribution in [2.45, 2.75) is 25.3 Å². The highest BCUT2D eigenvalue weighted by atomic mass is 35.5. The van der Waals surface area contributed by atoms with E-state index in [4.69, 9.17) is 16.0 Å². The predicted octanol–water partition coefficient (Wildman–Crippen LogP) is 3.65. The van der Waals surface area contributed by atoms with E-state index < -0.39 is 0 Å². The summed E-state index contributed by atoms with van der Waals surface area (Å²) in [5, 5.41) is 3.37. The molecule has 3 rings (SSSR count). The summed E-state index contributed by atoms with van der Waals surface area (Å²) in [5.74, 6) is 1.24. The minimum Gasteiger partial charge on any atom is -0.424 e. The highest BCUT2D eigenvalue weighted by Gasteiger charge is 2.27. The van der Waals surface area contributed by atoms with E-state index in [1.165, 1.54) is 12.8 Å². The Hall–Kier alpha value is -1.22. The van der Waals surface area contributed by atoms with Gasteiger partial charge < -0.3 is 9.73 Å². The van der Waals surface area contributed by atoms with E-state index in [2.05, 4.69) is 10.3 Å². The van der Waals surface area contributed by atoms with Gasteiger partial charge in [0.1, 0.15) is 5.52 Å². The Balaban J connectivity index is 1.80. The number of alkyl halides is 1. The number of para-hydroxylation sites is 2. The van der Waals surface area contributed by atoms with Crippen LogP contribution in [0, 0.1) is 5.92 Å². The molecule has 2 atom stereocenters. The number of aromatic nitrogens is 1. The molecule has 0 bridgehead atoms. The molecule has 1 fully saturated rings. The summed E-state index contributed by atoms with van der Waals surface area (Å²) < 4.78 is 5.66. The lowest BCUT2D eigenvalue weighted by Gasteiger charge is -2.17. The van der Waals surface area contributed by atoms with Crippen LogP contribution in [0.3, 0.4) is 0 Å². The summed E-state index contributed by atoms with van der Waals surface area (Å²) in [5.41, 5.74) is 1.73. The van der Waals surface area contributed by atoms with Crippen molar-refractivity contribution in [3.63, 3.8) is 0 Å². The van der Waals surface area contributed by atoms with Gasteiger partial charge in [0.25, 0.3) is 6.01 Å². The molecule has 1 aliphatic carbocycles. The topological polar surface area (TPSA) is 38.1 Å². The molecular weight excluding hydrogens is 236 g/mol. The highest BCUT2D eigenvalue weighted by molar-refractivity contribution is 6.18. The third-order valence-electron chi connectivity index (χ3n) is 3.46. The zero-order valence-electron chi connectivity index (χ0n) is 9.53. The normalized spacial score (nSPS) is 24.3. The molecule has 4 heteroatoms. The molecule has 1 aliphatic rings. The SMILES string of the molecule is ClCC1CCCC1Nc1nc2ccccc2o1. The smallest absolute Gasteiger partial charge is 0.295 e. The molecule has 2 aromatic rings. The Labute approximate surface area is 105 Å². The summed E-state index contributed by atoms with van der Waals surface area (Å²) in [4.78, 5) is 4.42. The Morgan fingerprint density at radius 3 is 3.06 bits per heavy atom. The van der Waals surface area contributed by atoms with Crippen molar-refractivity contribution < 1.29 is 4.42 Å². The number of benzene rings is 1. The van der Waals surface area contributed by atoms with Crippen LogP contribution in [0.25, 0.3) is 11.1 Å². The molecular formula is C13H15ClN2O. The minimum atomic E-state index is 0.403. The molecule has 0 saturated heterocycles. The lowest BCUT2D eigenvalue weighted by molar-refractivity contribution is 0.530. The van der Waals surface area contributed by atoms with Crippen LogP contribution >= 0.6 is 11.6 Å². The van der Waals surface area contributed by atoms with Gasteiger partial charge in [0.2, 0.25) is 0 Å². The van der Waals surface area contributed by atoms with E-state index in [0.717, 1.165) is 17.5 Å². The maximum Gasteiger partial charge on any atom is 0.295 e. The first-order valence-corrected chi connectivity index (χ1v) is 6.58. The van der Waals surface area contributed by atoms with Gasteiger partial charge in [-0.2, -0.15) is 4.98 Å². The zero-order valence-corrected chi connectivity index (χ0v) is 10.3. The standard InChI is InChI=1S/C13H15ClN2O/c14-8-9-4-3-6-10(9)15-13-16-11-5-1-2-7-12(11)17-13/h1-2,5,7,9-10H,3-4,6,8H2,(H,15,16). The molecule has 1 heterocycles. The summed E-state index contributed by atoms with van der Waals surface area (Å²) in [6.45, 7) is 0. The van der Waals surface area contributed by atoms with Crippen molar-refractivity contribution in [1.29, 1.82) is 0 Å². The van der Waals surface area contributed by atoms with Gasteiger partial charge in [-0.25, -0.2) is 0 Å². The molecule has 1 aromatic heterocycles. The van der Waals surface area contributed by atoms with Crippen LogP contribution in [0.1, 0.15) is 19.3 Å². The molecule has 1 N–H and O–H groups in total. The van der Waals surface area contributed by atoms with Crippen LogP contribution in [0.4, 0.5) is 6.01 Å². The quantitative estimate of drug-likeness (QED) is 0.845. The third kappa shape index (κ3) is 2.12. The first-order chi connectivity index (χ1) is 8.36. The molecule has 0 amide bonds. The van der Waals surface area contributed by atoms with Crippen molar-refractivity contribution in [1.82, 2.24) is 4.98 Å². The lowest BCUT2D eigenvalue weighted by atomic mass is 10.1. The van der Waals surface area contributed by atoms with Gasteiger partial charge in [0.15, 0.2) is 5.58 Å². The monoisotopic (exact) mass is 250 g/mol. The second kappa shape index (κ2) is 4.57. The Morgan fingerprint density at radius 2 is 2.24 bits per heavy atom. The van der Waals surface area contributed by atoms with Crippen LogP contribution in [-0.2, 0) is 0 Å². The second-order valence-corrected chi connectivity index (χ2v) is 4.89. The van der Waals surface area contributed by atoms with Gasteiger partial charge in [-0.05, 0) is 30.9 Å². The molecule has 0 radical (unpaired) electrons. The van der Waals surface area contributed by atoms with E-state index in [9.17, 15) is 0 Å². The van der Waals surface area contributed by atoms with Crippen LogP contribution < -0.4 is 5.32 Å². The van der Waals surface area contributed by atoms with Gasteiger partial charge in [0, 0.05) is 11.9 Å². The van der Waals surface area contributed by atoms with Gasteiger partial charge in [0.05, 0.1) is 0 Å². The fraction of sp³-hybridized carbons (Fsp3) is 0.462. The Kier molecular flexibility index (Phi) is 2.93. The van der Waals surface area contributed by atoms with E-state index in [-0.39, 0.29) is 0 Å². The molecule has 0 spiro atoms. The number of oxazole rings is 1. The average molecular weight is 251 g/mol. The van der Waals surface area contributed by atoms with Crippen LogP contribution in [0.5, 0.6) is 0 Å². The maximum absolute atomic E-state index is 5.96. The van der Waals surface area contributed by atoms with Crippen molar-refractivity contribution in [2.24, 2.45) is 5.92 Å². The van der Waals surface area contributed by atoms with E-state index in [1.54, 1.807) is 0 Å². The number of hydrogen-bond acceptors (Lipinski definition) is 3. The molecule has 1 saturated carbocycles. The summed E-state index contributed by atoms with van der Waals surface area (Å²) in [6.07, 6.45) is 3.58. The van der Waals surface area contributed by atoms with Crippen molar-refractivity contribution in [3.05, 3.63) is 24.3 Å². The largest absolute Gasteiger partial charge is 0.424 e. The lowest BCUT2D eigenvalue weighted by Crippen LogP contribution is -2.25. The highest BCUT2D eigenvalue weighted by Crippen LogP contribution is 2.30. The number of anilines is 1.